The van der Waals surface area contributed by atoms with E-state index < -0.39 is 0 Å². The summed E-state index contributed by atoms with van der Waals surface area (Å²) in [5.74, 6) is 0.227. The predicted molar refractivity (Wildman–Crippen MR) is 56.7 cm³/mol. The molecule has 2 saturated heterocycles. The van der Waals surface area contributed by atoms with Gasteiger partial charge in [0.1, 0.15) is 0 Å². The van der Waals surface area contributed by atoms with Crippen molar-refractivity contribution >= 4 is 5.91 Å². The number of hydrogen-bond donors (Lipinski definition) is 1. The Bertz CT molecular complexity index is 229. The number of nitrogens with zero attached hydrogens (tertiary/aromatic N) is 2. The van der Waals surface area contributed by atoms with Gasteiger partial charge in [-0.1, -0.05) is 0 Å². The summed E-state index contributed by atoms with van der Waals surface area (Å²) in [7, 11) is 2.06. The SMILES string of the molecule is CN1CCNC(C(=O)N2CCOCC2)C1. The van der Waals surface area contributed by atoms with Crippen molar-refractivity contribution < 1.29 is 9.53 Å². The molecule has 1 atom stereocenters. The van der Waals surface area contributed by atoms with Gasteiger partial charge in [0.2, 0.25) is 5.91 Å². The molecular formula is C10H19N3O2. The first-order chi connectivity index (χ1) is 7.27. The van der Waals surface area contributed by atoms with Crippen molar-refractivity contribution in [3.8, 4) is 0 Å². The van der Waals surface area contributed by atoms with Crippen molar-refractivity contribution in [3.05, 3.63) is 0 Å². The third-order valence-electron chi connectivity index (χ3n) is 3.00. The van der Waals surface area contributed by atoms with E-state index in [-0.39, 0.29) is 11.9 Å². The Morgan fingerprint density at radius 2 is 2.07 bits per heavy atom. The van der Waals surface area contributed by atoms with Gasteiger partial charge in [0.15, 0.2) is 0 Å². The lowest BCUT2D eigenvalue weighted by atomic mass is 10.2. The van der Waals surface area contributed by atoms with Gasteiger partial charge in [-0.25, -0.2) is 0 Å². The van der Waals surface area contributed by atoms with Crippen LogP contribution in [0.5, 0.6) is 0 Å². The molecule has 5 heteroatoms. The smallest absolute Gasteiger partial charge is 0.241 e. The van der Waals surface area contributed by atoms with Gasteiger partial charge in [-0.05, 0) is 7.05 Å². The fourth-order valence-corrected chi connectivity index (χ4v) is 2.07. The molecule has 2 rings (SSSR count). The van der Waals surface area contributed by atoms with E-state index in [0.717, 1.165) is 32.7 Å². The van der Waals surface area contributed by atoms with Crippen LogP contribution in [0.3, 0.4) is 0 Å². The summed E-state index contributed by atoms with van der Waals surface area (Å²) in [4.78, 5) is 16.2. The number of rotatable bonds is 1. The maximum absolute atomic E-state index is 12.1. The van der Waals surface area contributed by atoms with Crippen molar-refractivity contribution in [1.29, 1.82) is 0 Å². The van der Waals surface area contributed by atoms with Gasteiger partial charge >= 0.3 is 0 Å². The topological polar surface area (TPSA) is 44.8 Å². The van der Waals surface area contributed by atoms with Gasteiger partial charge in [0.05, 0.1) is 19.3 Å². The molecule has 15 heavy (non-hydrogen) atoms. The maximum Gasteiger partial charge on any atom is 0.241 e. The van der Waals surface area contributed by atoms with Crippen LogP contribution in [0, 0.1) is 0 Å². The molecule has 0 aromatic carbocycles. The third kappa shape index (κ3) is 2.68. The van der Waals surface area contributed by atoms with E-state index in [9.17, 15) is 4.79 Å². The molecule has 0 spiro atoms. The summed E-state index contributed by atoms with van der Waals surface area (Å²) in [6.07, 6.45) is 0. The van der Waals surface area contributed by atoms with Gasteiger partial charge in [-0.2, -0.15) is 0 Å². The maximum atomic E-state index is 12.1. The van der Waals surface area contributed by atoms with Crippen molar-refractivity contribution in [2.45, 2.75) is 6.04 Å². The van der Waals surface area contributed by atoms with Crippen LogP contribution >= 0.6 is 0 Å². The van der Waals surface area contributed by atoms with Crippen molar-refractivity contribution in [3.63, 3.8) is 0 Å². The van der Waals surface area contributed by atoms with Crippen molar-refractivity contribution in [2.75, 3.05) is 53.0 Å². The van der Waals surface area contributed by atoms with E-state index in [4.69, 9.17) is 4.74 Å². The molecule has 2 heterocycles. The minimum atomic E-state index is -0.0261. The highest BCUT2D eigenvalue weighted by Crippen LogP contribution is 2.04. The van der Waals surface area contributed by atoms with Crippen molar-refractivity contribution in [1.82, 2.24) is 15.1 Å². The molecular weight excluding hydrogens is 194 g/mol. The Hall–Kier alpha value is -0.650. The van der Waals surface area contributed by atoms with E-state index in [2.05, 4.69) is 17.3 Å². The Balaban J connectivity index is 1.88. The fraction of sp³-hybridized carbons (Fsp3) is 0.900. The summed E-state index contributed by atoms with van der Waals surface area (Å²) in [6, 6.07) is -0.0261. The molecule has 0 radical (unpaired) electrons. The fourth-order valence-electron chi connectivity index (χ4n) is 2.07. The predicted octanol–water partition coefficient (Wildman–Crippen LogP) is -1.25. The number of carbonyl (C=O) groups excluding carboxylic acids is 1. The zero-order valence-corrected chi connectivity index (χ0v) is 9.24. The number of ether oxygens (including phenoxy) is 1. The molecule has 0 bridgehead atoms. The molecule has 1 N–H and O–H groups in total. The standard InChI is InChI=1S/C10H19N3O2/c1-12-3-2-11-9(8-12)10(14)13-4-6-15-7-5-13/h9,11H,2-8H2,1H3. The zero-order chi connectivity index (χ0) is 10.7. The van der Waals surface area contributed by atoms with Gasteiger partial charge in [0, 0.05) is 32.7 Å². The van der Waals surface area contributed by atoms with E-state index in [1.807, 2.05) is 4.90 Å². The molecule has 0 aliphatic carbocycles. The van der Waals surface area contributed by atoms with Gasteiger partial charge < -0.3 is 19.9 Å². The molecule has 5 nitrogen and oxygen atoms in total. The van der Waals surface area contributed by atoms with Crippen LogP contribution in [0.1, 0.15) is 0 Å². The number of morpholine rings is 1. The molecule has 0 saturated carbocycles. The average molecular weight is 213 g/mol. The minimum Gasteiger partial charge on any atom is -0.378 e. The van der Waals surface area contributed by atoms with Crippen LogP contribution in [-0.2, 0) is 9.53 Å². The van der Waals surface area contributed by atoms with Crippen LogP contribution in [0.25, 0.3) is 0 Å². The van der Waals surface area contributed by atoms with Crippen LogP contribution < -0.4 is 5.32 Å². The first kappa shape index (κ1) is 10.9. The molecule has 0 aromatic rings. The van der Waals surface area contributed by atoms with Crippen LogP contribution in [-0.4, -0.2) is 74.7 Å². The Morgan fingerprint density at radius 3 is 2.73 bits per heavy atom. The monoisotopic (exact) mass is 213 g/mol. The summed E-state index contributed by atoms with van der Waals surface area (Å²) in [5.41, 5.74) is 0. The zero-order valence-electron chi connectivity index (χ0n) is 9.24. The lowest BCUT2D eigenvalue weighted by Crippen LogP contribution is -2.58. The van der Waals surface area contributed by atoms with Crippen molar-refractivity contribution in [2.24, 2.45) is 0 Å². The lowest BCUT2D eigenvalue weighted by molar-refractivity contribution is -0.138. The molecule has 2 fully saturated rings. The normalized spacial score (nSPS) is 29.1. The first-order valence-electron chi connectivity index (χ1n) is 5.56. The second-order valence-electron chi connectivity index (χ2n) is 4.21. The Morgan fingerprint density at radius 1 is 1.33 bits per heavy atom. The Kier molecular flexibility index (Phi) is 3.56. The molecule has 2 aliphatic rings. The van der Waals surface area contributed by atoms with Gasteiger partial charge in [-0.3, -0.25) is 4.79 Å². The summed E-state index contributed by atoms with van der Waals surface area (Å²) in [5, 5.41) is 3.27. The van der Waals surface area contributed by atoms with E-state index >= 15 is 0 Å². The lowest BCUT2D eigenvalue weighted by Gasteiger charge is -2.35. The second kappa shape index (κ2) is 4.92. The van der Waals surface area contributed by atoms with Gasteiger partial charge in [0.25, 0.3) is 0 Å². The number of likely N-dealkylation sites (N-methyl/N-ethyl adjacent to an activating group) is 1. The van der Waals surface area contributed by atoms with Crippen LogP contribution in [0.15, 0.2) is 0 Å². The number of carbonyl (C=O) groups is 1. The van der Waals surface area contributed by atoms with Crippen LogP contribution in [0.4, 0.5) is 0 Å². The number of hydrogen-bond acceptors (Lipinski definition) is 4. The number of piperazine rings is 1. The molecule has 1 unspecified atom stereocenters. The number of amides is 1. The summed E-state index contributed by atoms with van der Waals surface area (Å²) in [6.45, 7) is 5.56. The number of nitrogens with one attached hydrogen (secondary N) is 1. The Labute approximate surface area is 90.4 Å². The van der Waals surface area contributed by atoms with E-state index in [0.29, 0.717) is 13.2 Å². The molecule has 1 amide bonds. The van der Waals surface area contributed by atoms with E-state index in [1.165, 1.54) is 0 Å². The highest BCUT2D eigenvalue weighted by atomic mass is 16.5. The average Bonchev–Trinajstić information content (AvgIpc) is 2.29. The van der Waals surface area contributed by atoms with E-state index in [1.54, 1.807) is 0 Å². The highest BCUT2D eigenvalue weighted by Gasteiger charge is 2.28. The first-order valence-corrected chi connectivity index (χ1v) is 5.56. The molecule has 2 aliphatic heterocycles. The summed E-state index contributed by atoms with van der Waals surface area (Å²) < 4.78 is 5.23. The quantitative estimate of drug-likeness (QED) is 0.591. The largest absolute Gasteiger partial charge is 0.378 e. The molecule has 86 valence electrons. The highest BCUT2D eigenvalue weighted by molar-refractivity contribution is 5.82. The third-order valence-corrected chi connectivity index (χ3v) is 3.00. The second-order valence-corrected chi connectivity index (χ2v) is 4.21. The van der Waals surface area contributed by atoms with Crippen LogP contribution in [0.2, 0.25) is 0 Å². The molecule has 0 aromatic heterocycles. The summed E-state index contributed by atoms with van der Waals surface area (Å²) >= 11 is 0. The van der Waals surface area contributed by atoms with Gasteiger partial charge in [-0.15, -0.1) is 0 Å². The minimum absolute atomic E-state index is 0.0261.